The standard InChI is InChI=1S/C15H23N3O2/c1-12(19)16-9-10-17-15(20)14(11-18(2)3)13-7-5-4-6-8-13/h4-8,14H,9-11H2,1-3H3,(H,16,19)(H,17,20)/t14-/m1/s1. The van der Waals surface area contributed by atoms with Crippen molar-refractivity contribution in [2.75, 3.05) is 33.7 Å². The van der Waals surface area contributed by atoms with Crippen LogP contribution < -0.4 is 10.6 Å². The Labute approximate surface area is 120 Å². The summed E-state index contributed by atoms with van der Waals surface area (Å²) in [7, 11) is 3.89. The maximum Gasteiger partial charge on any atom is 0.228 e. The number of carbonyl (C=O) groups is 2. The predicted octanol–water partition coefficient (Wildman–Crippen LogP) is 0.584. The van der Waals surface area contributed by atoms with Gasteiger partial charge in [0, 0.05) is 26.6 Å². The van der Waals surface area contributed by atoms with Crippen molar-refractivity contribution in [1.29, 1.82) is 0 Å². The second kappa shape index (κ2) is 8.32. The second-order valence-corrected chi connectivity index (χ2v) is 5.00. The molecular weight excluding hydrogens is 254 g/mol. The fourth-order valence-corrected chi connectivity index (χ4v) is 1.94. The normalized spacial score (nSPS) is 12.0. The summed E-state index contributed by atoms with van der Waals surface area (Å²) in [5.74, 6) is -0.314. The van der Waals surface area contributed by atoms with Crippen molar-refractivity contribution in [1.82, 2.24) is 15.5 Å². The van der Waals surface area contributed by atoms with Gasteiger partial charge in [-0.25, -0.2) is 0 Å². The van der Waals surface area contributed by atoms with Gasteiger partial charge in [0.2, 0.25) is 11.8 Å². The predicted molar refractivity (Wildman–Crippen MR) is 79.4 cm³/mol. The van der Waals surface area contributed by atoms with E-state index >= 15 is 0 Å². The molecule has 2 N–H and O–H groups in total. The highest BCUT2D eigenvalue weighted by Crippen LogP contribution is 2.16. The van der Waals surface area contributed by atoms with E-state index in [0.29, 0.717) is 19.6 Å². The summed E-state index contributed by atoms with van der Waals surface area (Å²) in [6.45, 7) is 3.00. The molecule has 5 heteroatoms. The molecule has 0 aliphatic rings. The molecule has 20 heavy (non-hydrogen) atoms. The van der Waals surface area contributed by atoms with Crippen LogP contribution in [0.1, 0.15) is 18.4 Å². The lowest BCUT2D eigenvalue weighted by Gasteiger charge is -2.21. The van der Waals surface area contributed by atoms with E-state index in [2.05, 4.69) is 10.6 Å². The van der Waals surface area contributed by atoms with Gasteiger partial charge in [0.05, 0.1) is 5.92 Å². The molecule has 0 fully saturated rings. The van der Waals surface area contributed by atoms with Crippen LogP contribution in [-0.2, 0) is 9.59 Å². The highest BCUT2D eigenvalue weighted by molar-refractivity contribution is 5.84. The van der Waals surface area contributed by atoms with E-state index in [1.165, 1.54) is 6.92 Å². The van der Waals surface area contributed by atoms with Gasteiger partial charge in [0.15, 0.2) is 0 Å². The molecule has 0 saturated heterocycles. The first-order valence-electron chi connectivity index (χ1n) is 6.72. The van der Waals surface area contributed by atoms with Crippen molar-refractivity contribution >= 4 is 11.8 Å². The first kappa shape index (κ1) is 16.2. The Morgan fingerprint density at radius 2 is 1.70 bits per heavy atom. The van der Waals surface area contributed by atoms with Crippen LogP contribution in [0, 0.1) is 0 Å². The monoisotopic (exact) mass is 277 g/mol. The summed E-state index contributed by atoms with van der Waals surface area (Å²) >= 11 is 0. The van der Waals surface area contributed by atoms with Crippen LogP contribution in [0.25, 0.3) is 0 Å². The van der Waals surface area contributed by atoms with Crippen molar-refractivity contribution in [2.45, 2.75) is 12.8 Å². The molecule has 0 aliphatic carbocycles. The number of likely N-dealkylation sites (N-methyl/N-ethyl adjacent to an activating group) is 1. The van der Waals surface area contributed by atoms with Crippen LogP contribution in [0.2, 0.25) is 0 Å². The molecule has 1 atom stereocenters. The highest BCUT2D eigenvalue weighted by atomic mass is 16.2. The summed E-state index contributed by atoms with van der Waals surface area (Å²) in [6, 6.07) is 9.72. The number of hydrogen-bond acceptors (Lipinski definition) is 3. The van der Waals surface area contributed by atoms with Crippen LogP contribution in [0.4, 0.5) is 0 Å². The van der Waals surface area contributed by atoms with E-state index in [0.717, 1.165) is 5.56 Å². The molecule has 110 valence electrons. The van der Waals surface area contributed by atoms with Crippen LogP contribution in [-0.4, -0.2) is 50.4 Å². The van der Waals surface area contributed by atoms with Crippen molar-refractivity contribution in [3.63, 3.8) is 0 Å². The lowest BCUT2D eigenvalue weighted by molar-refractivity contribution is -0.123. The lowest BCUT2D eigenvalue weighted by atomic mass is 9.98. The Bertz CT molecular complexity index is 432. The topological polar surface area (TPSA) is 61.4 Å². The van der Waals surface area contributed by atoms with Crippen molar-refractivity contribution in [3.05, 3.63) is 35.9 Å². The second-order valence-electron chi connectivity index (χ2n) is 5.00. The van der Waals surface area contributed by atoms with Crippen LogP contribution in [0.15, 0.2) is 30.3 Å². The van der Waals surface area contributed by atoms with Gasteiger partial charge in [-0.15, -0.1) is 0 Å². The number of hydrogen-bond donors (Lipinski definition) is 2. The molecule has 1 aromatic carbocycles. The van der Waals surface area contributed by atoms with Crippen LogP contribution >= 0.6 is 0 Å². The number of carbonyl (C=O) groups excluding carboxylic acids is 2. The van der Waals surface area contributed by atoms with Gasteiger partial charge in [-0.05, 0) is 19.7 Å². The van der Waals surface area contributed by atoms with E-state index in [9.17, 15) is 9.59 Å². The van der Waals surface area contributed by atoms with Crippen LogP contribution in [0.3, 0.4) is 0 Å². The molecule has 0 bridgehead atoms. The van der Waals surface area contributed by atoms with Gasteiger partial charge in [-0.2, -0.15) is 0 Å². The van der Waals surface area contributed by atoms with Gasteiger partial charge >= 0.3 is 0 Å². The molecule has 2 amide bonds. The third kappa shape index (κ3) is 5.84. The number of amides is 2. The number of rotatable bonds is 7. The van der Waals surface area contributed by atoms with E-state index in [4.69, 9.17) is 0 Å². The summed E-state index contributed by atoms with van der Waals surface area (Å²) in [5, 5.41) is 5.52. The maximum atomic E-state index is 12.3. The van der Waals surface area contributed by atoms with E-state index in [1.54, 1.807) is 0 Å². The molecule has 0 spiro atoms. The van der Waals surface area contributed by atoms with E-state index in [1.807, 2.05) is 49.3 Å². The Morgan fingerprint density at radius 3 is 2.25 bits per heavy atom. The summed E-state index contributed by atoms with van der Waals surface area (Å²) in [4.78, 5) is 25.0. The summed E-state index contributed by atoms with van der Waals surface area (Å²) < 4.78 is 0. The van der Waals surface area contributed by atoms with Gasteiger partial charge in [-0.1, -0.05) is 30.3 Å². The molecule has 0 saturated carbocycles. The Hall–Kier alpha value is -1.88. The number of nitrogens with zero attached hydrogens (tertiary/aromatic N) is 1. The Balaban J connectivity index is 2.59. The zero-order valence-electron chi connectivity index (χ0n) is 12.3. The number of benzene rings is 1. The summed E-state index contributed by atoms with van der Waals surface area (Å²) in [6.07, 6.45) is 0. The first-order valence-corrected chi connectivity index (χ1v) is 6.72. The molecule has 0 aliphatic heterocycles. The smallest absolute Gasteiger partial charge is 0.228 e. The molecule has 0 heterocycles. The van der Waals surface area contributed by atoms with Gasteiger partial charge in [0.25, 0.3) is 0 Å². The zero-order chi connectivity index (χ0) is 15.0. The molecule has 1 aromatic rings. The molecule has 0 aromatic heterocycles. The maximum absolute atomic E-state index is 12.3. The first-order chi connectivity index (χ1) is 9.50. The zero-order valence-corrected chi connectivity index (χ0v) is 12.3. The lowest BCUT2D eigenvalue weighted by Crippen LogP contribution is -2.39. The molecular formula is C15H23N3O2. The van der Waals surface area contributed by atoms with Crippen molar-refractivity contribution in [3.8, 4) is 0 Å². The minimum atomic E-state index is -0.205. The third-order valence-electron chi connectivity index (χ3n) is 2.86. The van der Waals surface area contributed by atoms with E-state index < -0.39 is 0 Å². The van der Waals surface area contributed by atoms with Crippen molar-refractivity contribution < 1.29 is 9.59 Å². The Kier molecular flexibility index (Phi) is 6.73. The third-order valence-corrected chi connectivity index (χ3v) is 2.86. The average molecular weight is 277 g/mol. The fourth-order valence-electron chi connectivity index (χ4n) is 1.94. The quantitative estimate of drug-likeness (QED) is 0.717. The van der Waals surface area contributed by atoms with Crippen molar-refractivity contribution in [2.24, 2.45) is 0 Å². The molecule has 1 rings (SSSR count). The minimum Gasteiger partial charge on any atom is -0.355 e. The average Bonchev–Trinajstić information content (AvgIpc) is 2.41. The molecule has 5 nitrogen and oxygen atoms in total. The fraction of sp³-hybridized carbons (Fsp3) is 0.467. The van der Waals surface area contributed by atoms with Gasteiger partial charge in [0.1, 0.15) is 0 Å². The highest BCUT2D eigenvalue weighted by Gasteiger charge is 2.20. The SMILES string of the molecule is CC(=O)NCCNC(=O)[C@H](CN(C)C)c1ccccc1. The molecule has 0 radical (unpaired) electrons. The van der Waals surface area contributed by atoms with Crippen LogP contribution in [0.5, 0.6) is 0 Å². The minimum absolute atomic E-state index is 0.0183. The summed E-state index contributed by atoms with van der Waals surface area (Å²) in [5.41, 5.74) is 0.998. The van der Waals surface area contributed by atoms with Gasteiger partial charge in [-0.3, -0.25) is 9.59 Å². The molecule has 0 unspecified atom stereocenters. The Morgan fingerprint density at radius 1 is 1.10 bits per heavy atom. The van der Waals surface area contributed by atoms with E-state index in [-0.39, 0.29) is 17.7 Å². The largest absolute Gasteiger partial charge is 0.355 e. The number of nitrogens with one attached hydrogen (secondary N) is 2. The van der Waals surface area contributed by atoms with Gasteiger partial charge < -0.3 is 15.5 Å².